The summed E-state index contributed by atoms with van der Waals surface area (Å²) in [6.45, 7) is 48.3. The average Bonchev–Trinajstić information content (AvgIpc) is 1.53. The van der Waals surface area contributed by atoms with Crippen LogP contribution in [0.3, 0.4) is 0 Å². The largest absolute Gasteiger partial charge is 0.573 e. The highest BCUT2D eigenvalue weighted by molar-refractivity contribution is 5.98. The van der Waals surface area contributed by atoms with Gasteiger partial charge in [-0.15, -0.1) is 13.2 Å². The van der Waals surface area contributed by atoms with E-state index < -0.39 is 124 Å². The molecule has 25 nitrogen and oxygen atoms in total. The lowest BCUT2D eigenvalue weighted by atomic mass is 9.67. The number of anilines is 5. The monoisotopic (exact) mass is 1910 g/mol. The van der Waals surface area contributed by atoms with E-state index in [1.54, 1.807) is 45.7 Å². The highest BCUT2D eigenvalue weighted by Crippen LogP contribution is 2.58. The van der Waals surface area contributed by atoms with Gasteiger partial charge in [0.2, 0.25) is 65.0 Å². The Balaban J connectivity index is 0.000000153. The molecule has 6 N–H and O–H groups in total. The number of carbonyl (C=O) groups is 5. The van der Waals surface area contributed by atoms with Gasteiger partial charge in [0.1, 0.15) is 39.2 Å². The van der Waals surface area contributed by atoms with Crippen molar-refractivity contribution in [3.05, 3.63) is 118 Å². The molecular formula is C97H117F14N17O8. The first kappa shape index (κ1) is 103. The Labute approximate surface area is 778 Å². The van der Waals surface area contributed by atoms with Crippen molar-refractivity contribution >= 4 is 126 Å². The minimum Gasteiger partial charge on any atom is -0.496 e. The molecular weight excluding hydrogens is 1800 g/mol. The number of carbonyl (C=O) groups excluding carboxylic acids is 5. The van der Waals surface area contributed by atoms with Gasteiger partial charge in [0.05, 0.1) is 53.4 Å². The molecule has 16 rings (SSSR count). The molecule has 736 valence electrons. The van der Waals surface area contributed by atoms with Crippen LogP contribution in [-0.4, -0.2) is 119 Å². The Bertz CT molecular complexity index is 6360. The number of aliphatic hydroxyl groups is 1. The second-order valence-corrected chi connectivity index (χ2v) is 42.4. The summed E-state index contributed by atoms with van der Waals surface area (Å²) in [6.07, 6.45) is 4.16. The fourth-order valence-corrected chi connectivity index (χ4v) is 17.6. The van der Waals surface area contributed by atoms with Crippen LogP contribution in [-0.2, 0) is 46.2 Å². The van der Waals surface area contributed by atoms with Crippen molar-refractivity contribution in [2.75, 3.05) is 33.7 Å². The first-order valence-electron chi connectivity index (χ1n) is 45.2. The van der Waals surface area contributed by atoms with Crippen molar-refractivity contribution in [2.24, 2.45) is 34.0 Å². The van der Waals surface area contributed by atoms with Crippen LogP contribution in [0.25, 0.3) is 64.9 Å². The SMILES string of the molecule is CC(C(=O)Nc1nc2c(F)cc(C(C)(C)O)cc2n1C1CCC1)C(C)(C)C.CC(C)(C)CC(=O)Nc1nc2cccc(OC(F)(F)F)c2n1C1CCC1.CC1(n2c(NC(=O)CC3CC(F)(F)C3(C)F)nc3ccc(F)c(F)c32)CCC1.[C-]#[N+]c1cc(F)c2nc(NC(=O)CC(C)(C)C)n(C3(C)CCC3)c2c1F.[C-]#[N+]c1cc(OC)c2nc(NC(=O)CC3CC(C)(F)C3(F)F)n(C(C)(C)C)c2c1. The predicted molar refractivity (Wildman–Crippen MR) is 490 cm³/mol. The molecule has 0 bridgehead atoms. The van der Waals surface area contributed by atoms with Gasteiger partial charge in [0.25, 0.3) is 11.8 Å². The van der Waals surface area contributed by atoms with Gasteiger partial charge >= 0.3 is 6.36 Å². The van der Waals surface area contributed by atoms with Crippen molar-refractivity contribution in [1.29, 1.82) is 0 Å². The zero-order valence-electron chi connectivity index (χ0n) is 79.9. The number of amides is 5. The van der Waals surface area contributed by atoms with Gasteiger partial charge in [-0.1, -0.05) is 75.3 Å². The number of benzene rings is 5. The zero-order valence-corrected chi connectivity index (χ0v) is 79.9. The van der Waals surface area contributed by atoms with E-state index in [2.05, 4.69) is 65.9 Å². The number of hydrogen-bond donors (Lipinski definition) is 6. The van der Waals surface area contributed by atoms with Gasteiger partial charge in [0.15, 0.2) is 46.0 Å². The highest BCUT2D eigenvalue weighted by Gasteiger charge is 2.68. The Kier molecular flexibility index (Phi) is 28.4. The standard InChI is InChI=1S/C21H30FN3O2.C20H23F3N4O2.C19H20F5N3O.C19H22F2N4O.C18H22F3N3O2/c1-12(20(2,3)4)18(26)24-19-23-17-15(22)10-13(21(5,6)27)11-16(17)25(19)14-8-7-9-14;1-18(2,3)27-13-8-12(24-5)9-14(29-6)16(13)26-17(27)25-15(28)7-11-10-19(4,21)20(11,22)23;1-17(6-3-7-17)27-15-12(5-4-11(20)14(15)21)25-16(27)26-13(28)8-10-9-19(23,24)18(10,2)22;1-18(2,3)10-13(26)23-17-24-15-11(20)9-12(22-5)14(21)16(15)25(17)19(4)7-6-8-19;1-17(2,3)10-14(25)23-16-22-12-8-5-9-13(26-18(19,20)21)15(12)24(16)11-6-4-7-11/h10-12,14,27H,7-9H2,1-6H3,(H,23,24,26);8-9,11H,7,10H2,1-4,6H3,(H,25,26,28);4-5,10H,3,6-9H2,1-2H3,(H,25,26,28);9H,6-8,10H2,1-4H3,(H,23,24,26);5,8-9,11H,4,6-7,10H2,1-3H3,(H,22,23,25). The molecule has 6 aliphatic rings. The minimum absolute atomic E-state index is 0.00270. The highest BCUT2D eigenvalue weighted by atomic mass is 19.4. The summed E-state index contributed by atoms with van der Waals surface area (Å²) in [5.74, 6) is -14.7. The topological polar surface area (TPSA) is 282 Å². The molecule has 0 aliphatic heterocycles. The summed E-state index contributed by atoms with van der Waals surface area (Å²) in [6, 6.07) is 13.9. The average molecular weight is 1920 g/mol. The lowest BCUT2D eigenvalue weighted by Crippen LogP contribution is -2.60. The van der Waals surface area contributed by atoms with Crippen molar-refractivity contribution < 1.29 is 100 Å². The molecule has 5 atom stereocenters. The first-order valence-corrected chi connectivity index (χ1v) is 45.2. The number of para-hydroxylation sites is 1. The molecule has 136 heavy (non-hydrogen) atoms. The smallest absolute Gasteiger partial charge is 0.496 e. The lowest BCUT2D eigenvalue weighted by Gasteiger charge is -2.47. The van der Waals surface area contributed by atoms with Crippen LogP contribution in [0.1, 0.15) is 265 Å². The molecule has 39 heteroatoms. The fraction of sp³-hybridized carbons (Fsp3) is 0.567. The van der Waals surface area contributed by atoms with Crippen molar-refractivity contribution in [1.82, 2.24) is 47.8 Å². The maximum Gasteiger partial charge on any atom is 0.573 e. The van der Waals surface area contributed by atoms with Crippen LogP contribution in [0.5, 0.6) is 11.5 Å². The van der Waals surface area contributed by atoms with Crippen molar-refractivity contribution in [3.8, 4) is 11.5 Å². The number of nitrogens with zero attached hydrogens (tertiary/aromatic N) is 12. The number of aromatic nitrogens is 10. The van der Waals surface area contributed by atoms with E-state index in [1.165, 1.54) is 42.0 Å². The number of alkyl halides is 9. The molecule has 10 aromatic rings. The number of rotatable bonds is 19. The molecule has 0 radical (unpaired) electrons. The summed E-state index contributed by atoms with van der Waals surface area (Å²) in [4.78, 5) is 90.4. The van der Waals surface area contributed by atoms with Crippen LogP contribution in [0.15, 0.2) is 60.7 Å². The number of imidazole rings is 5. The summed E-state index contributed by atoms with van der Waals surface area (Å²) in [5.41, 5.74) is -5.81. The third-order valence-corrected chi connectivity index (χ3v) is 26.5. The van der Waals surface area contributed by atoms with Crippen molar-refractivity contribution in [2.45, 2.75) is 311 Å². The predicted octanol–water partition coefficient (Wildman–Crippen LogP) is 24.9. The van der Waals surface area contributed by atoms with E-state index in [0.29, 0.717) is 57.9 Å². The molecule has 0 spiro atoms. The Morgan fingerprint density at radius 3 is 1.51 bits per heavy atom. The molecule has 5 unspecified atom stereocenters. The van der Waals surface area contributed by atoms with Gasteiger partial charge in [-0.25, -0.2) is 82.9 Å². The number of hydrogen-bond acceptors (Lipinski definition) is 13. The Morgan fingerprint density at radius 1 is 0.529 bits per heavy atom. The van der Waals surface area contributed by atoms with Gasteiger partial charge in [-0.3, -0.25) is 50.6 Å². The molecule has 5 aromatic carbocycles. The van der Waals surface area contributed by atoms with Crippen LogP contribution >= 0.6 is 0 Å². The van der Waals surface area contributed by atoms with E-state index in [4.69, 9.17) is 17.9 Å². The second kappa shape index (κ2) is 37.4. The number of nitrogens with one attached hydrogen (secondary N) is 5. The van der Waals surface area contributed by atoms with E-state index >= 15 is 0 Å². The minimum atomic E-state index is -4.79. The maximum absolute atomic E-state index is 14.9. The van der Waals surface area contributed by atoms with E-state index in [9.17, 15) is 90.5 Å². The molecule has 5 aromatic heterocycles. The summed E-state index contributed by atoms with van der Waals surface area (Å²) < 4.78 is 211. The molecule has 6 fully saturated rings. The van der Waals surface area contributed by atoms with Crippen LogP contribution in [0, 0.1) is 76.2 Å². The quantitative estimate of drug-likeness (QED) is 0.0325. The normalized spacial score (nSPS) is 20.2. The third kappa shape index (κ3) is 21.4. The van der Waals surface area contributed by atoms with E-state index in [1.807, 2.05) is 108 Å². The second-order valence-electron chi connectivity index (χ2n) is 42.4. The third-order valence-electron chi connectivity index (χ3n) is 26.5. The number of ether oxygens (including phenoxy) is 2. The summed E-state index contributed by atoms with van der Waals surface area (Å²) >= 11 is 0. The van der Waals surface area contributed by atoms with Gasteiger partial charge < -0.3 is 37.4 Å². The molecule has 6 aliphatic carbocycles. The molecule has 5 amide bonds. The Morgan fingerprint density at radius 2 is 1.03 bits per heavy atom. The van der Waals surface area contributed by atoms with Gasteiger partial charge in [-0.2, -0.15) is 0 Å². The Hall–Kier alpha value is -11.6. The summed E-state index contributed by atoms with van der Waals surface area (Å²) in [7, 11) is 1.45. The van der Waals surface area contributed by atoms with Crippen LogP contribution in [0.4, 0.5) is 103 Å². The summed E-state index contributed by atoms with van der Waals surface area (Å²) in [5, 5.41) is 23.8. The maximum atomic E-state index is 14.9. The van der Waals surface area contributed by atoms with Gasteiger partial charge in [-0.05, 0) is 222 Å². The van der Waals surface area contributed by atoms with Crippen LogP contribution in [0.2, 0.25) is 0 Å². The molecule has 6 saturated carbocycles. The van der Waals surface area contributed by atoms with E-state index in [-0.39, 0.29) is 140 Å². The lowest BCUT2D eigenvalue weighted by molar-refractivity contribution is -0.274. The number of halogens is 14. The van der Waals surface area contributed by atoms with E-state index in [0.717, 1.165) is 90.2 Å². The zero-order chi connectivity index (χ0) is 101. The first-order chi connectivity index (χ1) is 62.8. The van der Waals surface area contributed by atoms with Gasteiger partial charge in [0, 0.05) is 78.6 Å². The molecule has 0 saturated heterocycles. The molecule has 5 heterocycles. The fourth-order valence-electron chi connectivity index (χ4n) is 17.6. The number of methoxy groups -OCH3 is 1. The number of fused-ring (bicyclic) bond motifs is 5. The van der Waals surface area contributed by atoms with Crippen LogP contribution < -0.4 is 36.1 Å². The van der Waals surface area contributed by atoms with Crippen molar-refractivity contribution in [3.63, 3.8) is 0 Å².